The minimum absolute atomic E-state index is 0.853. The van der Waals surface area contributed by atoms with Crippen LogP contribution in [0.25, 0.3) is 0 Å². The van der Waals surface area contributed by atoms with Crippen molar-refractivity contribution in [3.8, 4) is 0 Å². The summed E-state index contributed by atoms with van der Waals surface area (Å²) in [7, 11) is 0. The van der Waals surface area contributed by atoms with E-state index >= 15 is 0 Å². The molecule has 0 fully saturated rings. The van der Waals surface area contributed by atoms with Crippen molar-refractivity contribution >= 4 is 5.97 Å². The van der Waals surface area contributed by atoms with Crippen molar-refractivity contribution in [1.82, 2.24) is 4.90 Å². The van der Waals surface area contributed by atoms with Crippen molar-refractivity contribution in [3.63, 3.8) is 0 Å². The smallest absolute Gasteiger partial charge is 0.327 e. The van der Waals surface area contributed by atoms with Gasteiger partial charge in [0.25, 0.3) is 0 Å². The van der Waals surface area contributed by atoms with Gasteiger partial charge in [-0.1, -0.05) is 137 Å². The summed E-state index contributed by atoms with van der Waals surface area (Å²) in [5, 5.41) is 8.05. The molecule has 0 rings (SSSR count). The molecule has 0 aromatic heterocycles. The molecule has 0 saturated carbocycles. The largest absolute Gasteiger partial charge is 0.478 e. The van der Waals surface area contributed by atoms with Crippen molar-refractivity contribution in [1.29, 1.82) is 0 Å². The molecule has 198 valence electrons. The fourth-order valence-corrected chi connectivity index (χ4v) is 4.03. The Morgan fingerprint density at radius 2 is 0.879 bits per heavy atom. The molecular formula is C30H61NO2. The van der Waals surface area contributed by atoms with Gasteiger partial charge in [0.2, 0.25) is 0 Å². The zero-order chi connectivity index (χ0) is 24.8. The normalized spacial score (nSPS) is 11.2. The van der Waals surface area contributed by atoms with E-state index in [1.165, 1.54) is 141 Å². The Hall–Kier alpha value is -0.830. The van der Waals surface area contributed by atoms with Gasteiger partial charge in [0.1, 0.15) is 0 Å². The van der Waals surface area contributed by atoms with E-state index in [2.05, 4.69) is 25.7 Å². The molecule has 3 heteroatoms. The van der Waals surface area contributed by atoms with Crippen molar-refractivity contribution < 1.29 is 9.90 Å². The van der Waals surface area contributed by atoms with Crippen LogP contribution in [0.5, 0.6) is 0 Å². The fraction of sp³-hybridized carbons (Fsp3) is 0.900. The highest BCUT2D eigenvalue weighted by Gasteiger charge is 2.05. The summed E-state index contributed by atoms with van der Waals surface area (Å²) < 4.78 is 0. The average Bonchev–Trinajstić information content (AvgIpc) is 2.80. The van der Waals surface area contributed by atoms with E-state index in [9.17, 15) is 4.79 Å². The second-order valence-corrected chi connectivity index (χ2v) is 9.67. The Kier molecular flexibility index (Phi) is 32.4. The zero-order valence-corrected chi connectivity index (χ0v) is 23.2. The van der Waals surface area contributed by atoms with Crippen molar-refractivity contribution in [2.75, 3.05) is 19.6 Å². The summed E-state index contributed by atoms with van der Waals surface area (Å²) in [6, 6.07) is 0. The fourth-order valence-electron chi connectivity index (χ4n) is 4.03. The van der Waals surface area contributed by atoms with Gasteiger partial charge >= 0.3 is 5.97 Å². The van der Waals surface area contributed by atoms with Crippen LogP contribution in [0.4, 0.5) is 0 Å². The summed E-state index contributed by atoms with van der Waals surface area (Å²) in [5.41, 5.74) is 0. The number of rotatable bonds is 24. The average molecular weight is 468 g/mol. The molecule has 0 atom stereocenters. The van der Waals surface area contributed by atoms with E-state index in [-0.39, 0.29) is 0 Å². The summed E-state index contributed by atoms with van der Waals surface area (Å²) in [4.78, 5) is 12.6. The first-order chi connectivity index (χ1) is 16.1. The lowest BCUT2D eigenvalue weighted by molar-refractivity contribution is -0.131. The second kappa shape index (κ2) is 31.2. The number of hydrogen-bond acceptors (Lipinski definition) is 2. The van der Waals surface area contributed by atoms with Gasteiger partial charge in [-0.25, -0.2) is 4.79 Å². The predicted molar refractivity (Wildman–Crippen MR) is 148 cm³/mol. The molecule has 1 N–H and O–H groups in total. The Bertz CT molecular complexity index is 357. The van der Waals surface area contributed by atoms with Crippen LogP contribution in [0.2, 0.25) is 0 Å². The first-order valence-electron chi connectivity index (χ1n) is 14.7. The first-order valence-corrected chi connectivity index (χ1v) is 14.7. The topological polar surface area (TPSA) is 40.5 Å². The van der Waals surface area contributed by atoms with Gasteiger partial charge in [-0.05, 0) is 45.3 Å². The van der Waals surface area contributed by atoms with Crippen LogP contribution in [0.3, 0.4) is 0 Å². The highest BCUT2D eigenvalue weighted by Crippen LogP contribution is 2.11. The third kappa shape index (κ3) is 33.4. The van der Waals surface area contributed by atoms with Crippen LogP contribution in [0, 0.1) is 0 Å². The van der Waals surface area contributed by atoms with E-state index in [0.717, 1.165) is 12.8 Å². The molecule has 0 radical (unpaired) electrons. The van der Waals surface area contributed by atoms with E-state index in [1.807, 2.05) is 6.92 Å². The maximum absolute atomic E-state index is 9.79. The Labute approximate surface area is 208 Å². The third-order valence-electron chi connectivity index (χ3n) is 6.20. The molecule has 0 heterocycles. The number of nitrogens with zero attached hydrogens (tertiary/aromatic N) is 1. The number of allylic oxidation sites excluding steroid dienone is 1. The van der Waals surface area contributed by atoms with Gasteiger partial charge < -0.3 is 10.0 Å². The van der Waals surface area contributed by atoms with Gasteiger partial charge in [0, 0.05) is 6.08 Å². The van der Waals surface area contributed by atoms with Crippen LogP contribution in [-0.2, 0) is 4.79 Å². The summed E-state index contributed by atoms with van der Waals surface area (Å²) >= 11 is 0. The molecular weight excluding hydrogens is 406 g/mol. The Morgan fingerprint density at radius 1 is 0.545 bits per heavy atom. The lowest BCUT2D eigenvalue weighted by Gasteiger charge is -2.22. The highest BCUT2D eigenvalue weighted by molar-refractivity contribution is 5.79. The van der Waals surface area contributed by atoms with Crippen LogP contribution in [-0.4, -0.2) is 35.6 Å². The zero-order valence-electron chi connectivity index (χ0n) is 23.2. The molecule has 0 unspecified atom stereocenters. The van der Waals surface area contributed by atoms with E-state index in [1.54, 1.807) is 6.08 Å². The van der Waals surface area contributed by atoms with E-state index < -0.39 is 5.97 Å². The molecule has 3 nitrogen and oxygen atoms in total. The van der Waals surface area contributed by atoms with Crippen LogP contribution >= 0.6 is 0 Å². The second-order valence-electron chi connectivity index (χ2n) is 9.67. The third-order valence-corrected chi connectivity index (χ3v) is 6.20. The van der Waals surface area contributed by atoms with Gasteiger partial charge in [-0.3, -0.25) is 0 Å². The van der Waals surface area contributed by atoms with Gasteiger partial charge in [0.05, 0.1) is 0 Å². The van der Waals surface area contributed by atoms with Crippen LogP contribution in [0.15, 0.2) is 12.2 Å². The minimum atomic E-state index is -0.863. The molecule has 0 aliphatic rings. The number of carboxylic acids is 1. The number of carbonyl (C=O) groups is 1. The van der Waals surface area contributed by atoms with Crippen LogP contribution in [0.1, 0.15) is 156 Å². The molecule has 0 aliphatic carbocycles. The molecule has 0 aromatic rings. The van der Waals surface area contributed by atoms with Crippen molar-refractivity contribution in [2.24, 2.45) is 0 Å². The number of unbranched alkanes of at least 4 members (excludes halogenated alkanes) is 16. The first kappa shape index (κ1) is 34.3. The van der Waals surface area contributed by atoms with Crippen molar-refractivity contribution in [2.45, 2.75) is 156 Å². The number of carboxylic acid groups (broad SMARTS) is 1. The summed E-state index contributed by atoms with van der Waals surface area (Å²) in [6.45, 7) is 13.0. The van der Waals surface area contributed by atoms with Gasteiger partial charge in [-0.15, -0.1) is 0 Å². The van der Waals surface area contributed by atoms with Gasteiger partial charge in [-0.2, -0.15) is 0 Å². The standard InChI is InChI=1S/C24H51N.C6H10O2/c1-4-7-10-13-16-19-22-25(23-20-17-14-11-8-5-2)24-21-18-15-12-9-6-3;1-2-3-4-5-6(7)8/h4-24H2,1-3H3;4-5H,2-3H2,1H3,(H,7,8)/b;5-4+. The monoisotopic (exact) mass is 467 g/mol. The summed E-state index contributed by atoms with van der Waals surface area (Å²) in [6.07, 6.45) is 30.4. The quantitative estimate of drug-likeness (QED) is 0.113. The minimum Gasteiger partial charge on any atom is -0.478 e. The Balaban J connectivity index is 0. The molecule has 0 spiro atoms. The van der Waals surface area contributed by atoms with E-state index in [4.69, 9.17) is 5.11 Å². The van der Waals surface area contributed by atoms with Crippen LogP contribution < -0.4 is 0 Å². The van der Waals surface area contributed by atoms with E-state index in [0.29, 0.717) is 0 Å². The summed E-state index contributed by atoms with van der Waals surface area (Å²) in [5.74, 6) is -0.863. The predicted octanol–water partition coefficient (Wildman–Crippen LogP) is 9.80. The molecule has 33 heavy (non-hydrogen) atoms. The molecule has 0 saturated heterocycles. The SMILES string of the molecule is CCC/C=C/C(=O)O.CCCCCCCCN(CCCCCCCC)CCCCCCCC. The molecule has 0 aromatic carbocycles. The molecule has 0 amide bonds. The molecule has 0 bridgehead atoms. The highest BCUT2D eigenvalue weighted by atomic mass is 16.4. The lowest BCUT2D eigenvalue weighted by atomic mass is 10.1. The van der Waals surface area contributed by atoms with Crippen molar-refractivity contribution in [3.05, 3.63) is 12.2 Å². The lowest BCUT2D eigenvalue weighted by Crippen LogP contribution is -2.27. The molecule has 0 aliphatic heterocycles. The maximum atomic E-state index is 9.79. The number of aliphatic carboxylic acids is 1. The Morgan fingerprint density at radius 3 is 1.18 bits per heavy atom. The maximum Gasteiger partial charge on any atom is 0.327 e. The number of hydrogen-bond donors (Lipinski definition) is 1. The van der Waals surface area contributed by atoms with Gasteiger partial charge in [0.15, 0.2) is 0 Å².